The Bertz CT molecular complexity index is 247. The third-order valence-electron chi connectivity index (χ3n) is 5.57. The Balaban J connectivity index is 2.16. The first kappa shape index (κ1) is 13.4. The minimum Gasteiger partial charge on any atom is -0.393 e. The van der Waals surface area contributed by atoms with Gasteiger partial charge in [-0.3, -0.25) is 0 Å². The van der Waals surface area contributed by atoms with E-state index in [2.05, 4.69) is 13.8 Å². The van der Waals surface area contributed by atoms with Gasteiger partial charge in [-0.2, -0.15) is 0 Å². The lowest BCUT2D eigenvalue weighted by atomic mass is 9.59. The molecule has 2 saturated carbocycles. The normalized spacial score (nSPS) is 38.8. The topological polar surface area (TPSA) is 40.5 Å². The molecule has 0 bridgehead atoms. The summed E-state index contributed by atoms with van der Waals surface area (Å²) in [6, 6.07) is 0. The molecule has 0 saturated heterocycles. The number of aliphatic hydroxyl groups excluding tert-OH is 1. The summed E-state index contributed by atoms with van der Waals surface area (Å²) in [4.78, 5) is 0. The van der Waals surface area contributed by atoms with Crippen LogP contribution < -0.4 is 0 Å². The van der Waals surface area contributed by atoms with Crippen molar-refractivity contribution < 1.29 is 10.2 Å². The summed E-state index contributed by atoms with van der Waals surface area (Å²) >= 11 is 0. The van der Waals surface area contributed by atoms with E-state index >= 15 is 0 Å². The van der Waals surface area contributed by atoms with E-state index in [9.17, 15) is 10.2 Å². The predicted molar refractivity (Wildman–Crippen MR) is 69.7 cm³/mol. The molecule has 0 aromatic carbocycles. The Labute approximate surface area is 105 Å². The summed E-state index contributed by atoms with van der Waals surface area (Å²) in [5.41, 5.74) is -0.486. The number of hydrogen-bond acceptors (Lipinski definition) is 2. The number of hydrogen-bond donors (Lipinski definition) is 2. The van der Waals surface area contributed by atoms with Crippen molar-refractivity contribution in [2.75, 3.05) is 0 Å². The van der Waals surface area contributed by atoms with Crippen molar-refractivity contribution in [3.8, 4) is 0 Å². The molecule has 2 N–H and O–H groups in total. The number of aliphatic hydroxyl groups is 2. The van der Waals surface area contributed by atoms with Gasteiger partial charge in [0.25, 0.3) is 0 Å². The van der Waals surface area contributed by atoms with Crippen LogP contribution in [0.3, 0.4) is 0 Å². The highest BCUT2D eigenvalue weighted by Gasteiger charge is 2.46. The van der Waals surface area contributed by atoms with E-state index in [0.717, 1.165) is 32.1 Å². The molecule has 2 unspecified atom stereocenters. The van der Waals surface area contributed by atoms with E-state index in [-0.39, 0.29) is 6.10 Å². The molecule has 17 heavy (non-hydrogen) atoms. The van der Waals surface area contributed by atoms with Crippen LogP contribution in [-0.2, 0) is 0 Å². The van der Waals surface area contributed by atoms with E-state index < -0.39 is 5.60 Å². The molecule has 2 aliphatic rings. The van der Waals surface area contributed by atoms with Gasteiger partial charge >= 0.3 is 0 Å². The summed E-state index contributed by atoms with van der Waals surface area (Å²) < 4.78 is 0. The minimum atomic E-state index is -0.486. The molecule has 0 aliphatic heterocycles. The SMILES string of the molecule is CCC(O)(CC)[C@H]1CCCC2C1CCC[C@H]2O. The van der Waals surface area contributed by atoms with Gasteiger partial charge in [-0.25, -0.2) is 0 Å². The van der Waals surface area contributed by atoms with E-state index in [4.69, 9.17) is 0 Å². The summed E-state index contributed by atoms with van der Waals surface area (Å²) in [6.45, 7) is 4.21. The maximum Gasteiger partial charge on any atom is 0.0673 e. The lowest BCUT2D eigenvalue weighted by Crippen LogP contribution is -2.49. The first-order chi connectivity index (χ1) is 8.12. The third-order valence-corrected chi connectivity index (χ3v) is 5.57. The quantitative estimate of drug-likeness (QED) is 0.795. The van der Waals surface area contributed by atoms with Crippen LogP contribution in [0.15, 0.2) is 0 Å². The maximum atomic E-state index is 10.8. The zero-order valence-electron chi connectivity index (χ0n) is 11.4. The second-order valence-electron chi connectivity index (χ2n) is 6.17. The van der Waals surface area contributed by atoms with Crippen molar-refractivity contribution in [3.63, 3.8) is 0 Å². The van der Waals surface area contributed by atoms with Crippen molar-refractivity contribution in [2.24, 2.45) is 17.8 Å². The predicted octanol–water partition coefficient (Wildman–Crippen LogP) is 3.11. The van der Waals surface area contributed by atoms with Gasteiger partial charge in [-0.15, -0.1) is 0 Å². The molecule has 0 aromatic heterocycles. The van der Waals surface area contributed by atoms with Gasteiger partial charge in [0, 0.05) is 0 Å². The van der Waals surface area contributed by atoms with Gasteiger partial charge in [0.15, 0.2) is 0 Å². The van der Waals surface area contributed by atoms with Gasteiger partial charge in [0.2, 0.25) is 0 Å². The molecule has 2 heteroatoms. The number of fused-ring (bicyclic) bond motifs is 1. The molecule has 4 atom stereocenters. The molecule has 2 rings (SSSR count). The van der Waals surface area contributed by atoms with Gasteiger partial charge in [-0.1, -0.05) is 26.7 Å². The van der Waals surface area contributed by atoms with Crippen molar-refractivity contribution in [1.82, 2.24) is 0 Å². The molecule has 0 radical (unpaired) electrons. The van der Waals surface area contributed by atoms with Gasteiger partial charge in [0.1, 0.15) is 0 Å². The summed E-state index contributed by atoms with van der Waals surface area (Å²) in [7, 11) is 0. The zero-order chi connectivity index (χ0) is 12.5. The van der Waals surface area contributed by atoms with Crippen LogP contribution in [0.5, 0.6) is 0 Å². The molecule has 0 spiro atoms. The second-order valence-corrected chi connectivity index (χ2v) is 6.17. The summed E-state index contributed by atoms with van der Waals surface area (Å²) in [5, 5.41) is 20.9. The Morgan fingerprint density at radius 2 is 1.53 bits per heavy atom. The van der Waals surface area contributed by atoms with E-state index in [1.807, 2.05) is 0 Å². The number of rotatable bonds is 3. The highest BCUT2D eigenvalue weighted by atomic mass is 16.3. The molecule has 2 fully saturated rings. The van der Waals surface area contributed by atoms with E-state index in [1.165, 1.54) is 19.3 Å². The summed E-state index contributed by atoms with van der Waals surface area (Å²) in [6.07, 6.45) is 8.46. The minimum absolute atomic E-state index is 0.102. The molecular formula is C15H28O2. The fraction of sp³-hybridized carbons (Fsp3) is 1.00. The Morgan fingerprint density at radius 3 is 2.18 bits per heavy atom. The monoisotopic (exact) mass is 240 g/mol. The van der Waals surface area contributed by atoms with Crippen LogP contribution in [0.1, 0.15) is 65.2 Å². The fourth-order valence-corrected chi connectivity index (χ4v) is 4.41. The molecule has 100 valence electrons. The average molecular weight is 240 g/mol. The molecule has 2 nitrogen and oxygen atoms in total. The first-order valence-corrected chi connectivity index (χ1v) is 7.52. The van der Waals surface area contributed by atoms with Crippen LogP contribution in [0.4, 0.5) is 0 Å². The standard InChI is InChI=1S/C15H28O2/c1-3-15(17,4-2)13-9-5-8-12-11(13)7-6-10-14(12)16/h11-14,16-17H,3-10H2,1-2H3/t11?,12?,13-,14+/m0/s1. The summed E-state index contributed by atoms with van der Waals surface area (Å²) in [5.74, 6) is 1.45. The average Bonchev–Trinajstić information content (AvgIpc) is 2.38. The second kappa shape index (κ2) is 5.27. The lowest BCUT2D eigenvalue weighted by molar-refractivity contribution is -0.108. The maximum absolute atomic E-state index is 10.8. The van der Waals surface area contributed by atoms with Crippen molar-refractivity contribution in [2.45, 2.75) is 76.9 Å². The molecule has 0 amide bonds. The van der Waals surface area contributed by atoms with Crippen LogP contribution in [-0.4, -0.2) is 21.9 Å². The Kier molecular flexibility index (Phi) is 4.14. The molecule has 0 aromatic rings. The van der Waals surface area contributed by atoms with Crippen molar-refractivity contribution in [1.29, 1.82) is 0 Å². The van der Waals surface area contributed by atoms with Crippen LogP contribution in [0, 0.1) is 17.8 Å². The Morgan fingerprint density at radius 1 is 0.941 bits per heavy atom. The largest absolute Gasteiger partial charge is 0.393 e. The lowest BCUT2D eigenvalue weighted by Gasteiger charge is -2.49. The zero-order valence-corrected chi connectivity index (χ0v) is 11.4. The highest BCUT2D eigenvalue weighted by molar-refractivity contribution is 4.97. The van der Waals surface area contributed by atoms with Crippen LogP contribution >= 0.6 is 0 Å². The highest BCUT2D eigenvalue weighted by Crippen LogP contribution is 2.49. The van der Waals surface area contributed by atoms with E-state index in [1.54, 1.807) is 0 Å². The first-order valence-electron chi connectivity index (χ1n) is 7.52. The smallest absolute Gasteiger partial charge is 0.0673 e. The van der Waals surface area contributed by atoms with Crippen molar-refractivity contribution in [3.05, 3.63) is 0 Å². The van der Waals surface area contributed by atoms with Crippen LogP contribution in [0.2, 0.25) is 0 Å². The molecule has 2 aliphatic carbocycles. The molecular weight excluding hydrogens is 212 g/mol. The van der Waals surface area contributed by atoms with E-state index in [0.29, 0.717) is 17.8 Å². The van der Waals surface area contributed by atoms with Crippen molar-refractivity contribution >= 4 is 0 Å². The van der Waals surface area contributed by atoms with Crippen LogP contribution in [0.25, 0.3) is 0 Å². The Hall–Kier alpha value is -0.0800. The third kappa shape index (κ3) is 2.39. The molecule has 0 heterocycles. The van der Waals surface area contributed by atoms with Gasteiger partial charge in [-0.05, 0) is 56.3 Å². The van der Waals surface area contributed by atoms with Gasteiger partial charge in [0.05, 0.1) is 11.7 Å². The fourth-order valence-electron chi connectivity index (χ4n) is 4.41. The van der Waals surface area contributed by atoms with Gasteiger partial charge < -0.3 is 10.2 Å².